The third kappa shape index (κ3) is 2.93. The summed E-state index contributed by atoms with van der Waals surface area (Å²) in [7, 11) is 3.79. The number of halogens is 1. The summed E-state index contributed by atoms with van der Waals surface area (Å²) in [5, 5.41) is 12.8. The second-order valence-corrected chi connectivity index (χ2v) is 4.37. The predicted octanol–water partition coefficient (Wildman–Crippen LogP) is 2.60. The molecule has 0 saturated heterocycles. The summed E-state index contributed by atoms with van der Waals surface area (Å²) in [5.41, 5.74) is 1.34. The van der Waals surface area contributed by atoms with Crippen LogP contribution in [0.3, 0.4) is 0 Å². The van der Waals surface area contributed by atoms with Crippen LogP contribution in [0.5, 0.6) is 5.75 Å². The van der Waals surface area contributed by atoms with E-state index >= 15 is 0 Å². The van der Waals surface area contributed by atoms with Gasteiger partial charge in [0.2, 0.25) is 0 Å². The molecule has 0 aliphatic carbocycles. The van der Waals surface area contributed by atoms with Gasteiger partial charge in [0, 0.05) is 32.4 Å². The van der Waals surface area contributed by atoms with E-state index in [0.29, 0.717) is 12.1 Å². The number of phenolic OH excluding ortho intramolecular Hbond substituents is 1. The Hall–Kier alpha value is -2.30. The Kier molecular flexibility index (Phi) is 3.85. The molecule has 0 amide bonds. The molecule has 2 N–H and O–H groups in total. The molecule has 100 valence electrons. The zero-order valence-corrected chi connectivity index (χ0v) is 10.9. The molecule has 0 aliphatic heterocycles. The van der Waals surface area contributed by atoms with Gasteiger partial charge in [-0.05, 0) is 18.2 Å². The van der Waals surface area contributed by atoms with Crippen molar-refractivity contribution >= 4 is 11.5 Å². The van der Waals surface area contributed by atoms with Crippen molar-refractivity contribution in [2.24, 2.45) is 0 Å². The SMILES string of the molecule is CN(C)c1ncccc1NCc1cccc(F)c1O. The molecule has 4 nitrogen and oxygen atoms in total. The Labute approximate surface area is 111 Å². The van der Waals surface area contributed by atoms with Gasteiger partial charge < -0.3 is 15.3 Å². The number of anilines is 2. The molecule has 0 fully saturated rings. The number of hydrogen-bond donors (Lipinski definition) is 2. The van der Waals surface area contributed by atoms with Crippen molar-refractivity contribution in [1.29, 1.82) is 0 Å². The second kappa shape index (κ2) is 5.56. The average molecular weight is 261 g/mol. The van der Waals surface area contributed by atoms with Gasteiger partial charge in [-0.2, -0.15) is 0 Å². The number of para-hydroxylation sites is 1. The monoisotopic (exact) mass is 261 g/mol. The molecular formula is C14H16FN3O. The van der Waals surface area contributed by atoms with Gasteiger partial charge >= 0.3 is 0 Å². The number of benzene rings is 1. The highest BCUT2D eigenvalue weighted by molar-refractivity contribution is 5.64. The van der Waals surface area contributed by atoms with Crippen molar-refractivity contribution < 1.29 is 9.50 Å². The van der Waals surface area contributed by atoms with Crippen LogP contribution in [0.2, 0.25) is 0 Å². The van der Waals surface area contributed by atoms with E-state index < -0.39 is 5.82 Å². The highest BCUT2D eigenvalue weighted by Gasteiger charge is 2.08. The summed E-state index contributed by atoms with van der Waals surface area (Å²) >= 11 is 0. The van der Waals surface area contributed by atoms with Crippen LogP contribution < -0.4 is 10.2 Å². The highest BCUT2D eigenvalue weighted by atomic mass is 19.1. The molecule has 1 aromatic heterocycles. The number of hydrogen-bond acceptors (Lipinski definition) is 4. The largest absolute Gasteiger partial charge is 0.505 e. The van der Waals surface area contributed by atoms with E-state index in [9.17, 15) is 9.50 Å². The maximum atomic E-state index is 13.2. The van der Waals surface area contributed by atoms with E-state index in [1.807, 2.05) is 31.1 Å². The molecular weight excluding hydrogens is 245 g/mol. The topological polar surface area (TPSA) is 48.4 Å². The maximum Gasteiger partial charge on any atom is 0.165 e. The van der Waals surface area contributed by atoms with Crippen molar-refractivity contribution in [2.45, 2.75) is 6.54 Å². The van der Waals surface area contributed by atoms with Gasteiger partial charge in [0.25, 0.3) is 0 Å². The van der Waals surface area contributed by atoms with Crippen molar-refractivity contribution in [2.75, 3.05) is 24.3 Å². The first kappa shape index (κ1) is 13.1. The maximum absolute atomic E-state index is 13.2. The molecule has 5 heteroatoms. The minimum atomic E-state index is -0.613. The van der Waals surface area contributed by atoms with E-state index in [2.05, 4.69) is 10.3 Å². The molecule has 19 heavy (non-hydrogen) atoms. The molecule has 1 heterocycles. The van der Waals surface area contributed by atoms with Gasteiger partial charge in [-0.3, -0.25) is 0 Å². The number of rotatable bonds is 4. The van der Waals surface area contributed by atoms with Gasteiger partial charge in [0.05, 0.1) is 5.69 Å². The molecule has 0 atom stereocenters. The Balaban J connectivity index is 2.17. The number of aromatic hydroxyl groups is 1. The fraction of sp³-hybridized carbons (Fsp3) is 0.214. The molecule has 0 saturated carbocycles. The van der Waals surface area contributed by atoms with Gasteiger partial charge in [-0.15, -0.1) is 0 Å². The van der Waals surface area contributed by atoms with E-state index in [-0.39, 0.29) is 5.75 Å². The number of phenols is 1. The van der Waals surface area contributed by atoms with E-state index in [4.69, 9.17) is 0 Å². The standard InChI is InChI=1S/C14H16FN3O/c1-18(2)14-12(7-4-8-16-14)17-9-10-5-3-6-11(15)13(10)19/h3-8,17,19H,9H2,1-2H3. The third-order valence-corrected chi connectivity index (χ3v) is 2.75. The van der Waals surface area contributed by atoms with Crippen LogP contribution in [0.15, 0.2) is 36.5 Å². The van der Waals surface area contributed by atoms with Crippen LogP contribution in [-0.2, 0) is 6.54 Å². The Morgan fingerprint density at radius 3 is 2.79 bits per heavy atom. The molecule has 0 unspecified atom stereocenters. The third-order valence-electron chi connectivity index (χ3n) is 2.75. The molecule has 2 rings (SSSR count). The van der Waals surface area contributed by atoms with Crippen molar-refractivity contribution in [3.05, 3.63) is 47.9 Å². The summed E-state index contributed by atoms with van der Waals surface area (Å²) in [6.07, 6.45) is 1.71. The van der Waals surface area contributed by atoms with Gasteiger partial charge in [-0.25, -0.2) is 9.37 Å². The highest BCUT2D eigenvalue weighted by Crippen LogP contribution is 2.24. The zero-order chi connectivity index (χ0) is 13.8. The lowest BCUT2D eigenvalue weighted by molar-refractivity contribution is 0.427. The lowest BCUT2D eigenvalue weighted by atomic mass is 10.2. The van der Waals surface area contributed by atoms with E-state index in [0.717, 1.165) is 11.5 Å². The summed E-state index contributed by atoms with van der Waals surface area (Å²) in [4.78, 5) is 6.14. The summed E-state index contributed by atoms with van der Waals surface area (Å²) < 4.78 is 13.2. The first-order chi connectivity index (χ1) is 9.09. The van der Waals surface area contributed by atoms with Crippen molar-refractivity contribution in [3.8, 4) is 5.75 Å². The average Bonchev–Trinajstić information content (AvgIpc) is 2.40. The van der Waals surface area contributed by atoms with Gasteiger partial charge in [-0.1, -0.05) is 12.1 Å². The summed E-state index contributed by atoms with van der Waals surface area (Å²) in [6, 6.07) is 8.19. The number of nitrogens with zero attached hydrogens (tertiary/aromatic N) is 2. The fourth-order valence-corrected chi connectivity index (χ4v) is 1.78. The first-order valence-electron chi connectivity index (χ1n) is 5.92. The zero-order valence-electron chi connectivity index (χ0n) is 10.9. The minimum absolute atomic E-state index is 0.315. The quantitative estimate of drug-likeness (QED) is 0.888. The van der Waals surface area contributed by atoms with Crippen LogP contribution in [0.4, 0.5) is 15.9 Å². The Bertz CT molecular complexity index is 572. The van der Waals surface area contributed by atoms with Gasteiger partial charge in [0.15, 0.2) is 17.4 Å². The first-order valence-corrected chi connectivity index (χ1v) is 5.92. The lowest BCUT2D eigenvalue weighted by Gasteiger charge is -2.17. The molecule has 2 aromatic rings. The predicted molar refractivity (Wildman–Crippen MR) is 74.0 cm³/mol. The van der Waals surface area contributed by atoms with Crippen LogP contribution in [0.25, 0.3) is 0 Å². The van der Waals surface area contributed by atoms with Crippen LogP contribution in [0.1, 0.15) is 5.56 Å². The smallest absolute Gasteiger partial charge is 0.165 e. The molecule has 0 spiro atoms. The number of aromatic nitrogens is 1. The molecule has 1 aromatic carbocycles. The Morgan fingerprint density at radius 1 is 1.26 bits per heavy atom. The molecule has 0 bridgehead atoms. The van der Waals surface area contributed by atoms with Crippen molar-refractivity contribution in [1.82, 2.24) is 4.98 Å². The van der Waals surface area contributed by atoms with Gasteiger partial charge in [0.1, 0.15) is 0 Å². The summed E-state index contributed by atoms with van der Waals surface area (Å²) in [5.74, 6) is -0.137. The second-order valence-electron chi connectivity index (χ2n) is 4.37. The van der Waals surface area contributed by atoms with E-state index in [1.54, 1.807) is 18.3 Å². The Morgan fingerprint density at radius 2 is 2.05 bits per heavy atom. The fourth-order valence-electron chi connectivity index (χ4n) is 1.78. The lowest BCUT2D eigenvalue weighted by Crippen LogP contribution is -2.13. The van der Waals surface area contributed by atoms with Crippen LogP contribution in [0, 0.1) is 5.82 Å². The normalized spacial score (nSPS) is 10.3. The van der Waals surface area contributed by atoms with E-state index in [1.165, 1.54) is 6.07 Å². The van der Waals surface area contributed by atoms with Crippen molar-refractivity contribution in [3.63, 3.8) is 0 Å². The molecule has 0 radical (unpaired) electrons. The number of pyridine rings is 1. The summed E-state index contributed by atoms with van der Waals surface area (Å²) in [6.45, 7) is 0.329. The molecule has 0 aliphatic rings. The van der Waals surface area contributed by atoms with Crippen LogP contribution in [-0.4, -0.2) is 24.2 Å². The minimum Gasteiger partial charge on any atom is -0.505 e. The van der Waals surface area contributed by atoms with Crippen LogP contribution >= 0.6 is 0 Å². The number of nitrogens with one attached hydrogen (secondary N) is 1.